The summed E-state index contributed by atoms with van der Waals surface area (Å²) in [5.41, 5.74) is -0.198. The maximum absolute atomic E-state index is 12.7. The van der Waals surface area contributed by atoms with E-state index in [2.05, 4.69) is 4.98 Å². The number of carboxylic acids is 1. The molecule has 2 atom stereocenters. The zero-order chi connectivity index (χ0) is 18.3. The zero-order valence-corrected chi connectivity index (χ0v) is 14.6. The summed E-state index contributed by atoms with van der Waals surface area (Å²) < 4.78 is 7.66. The SMILES string of the molecule is Cc1nccn1CCC(=O)N1CC2c3ccccc3OC[C@]2(C(=O)O)C1. The third-order valence-electron chi connectivity index (χ3n) is 5.59. The molecule has 1 fully saturated rings. The number of carbonyl (C=O) groups excluding carboxylic acids is 1. The van der Waals surface area contributed by atoms with Crippen LogP contribution in [0.15, 0.2) is 36.7 Å². The number of fused-ring (bicyclic) bond motifs is 3. The van der Waals surface area contributed by atoms with E-state index in [-0.39, 0.29) is 25.0 Å². The smallest absolute Gasteiger partial charge is 0.315 e. The molecule has 1 amide bonds. The predicted octanol–water partition coefficient (Wildman–Crippen LogP) is 1.67. The van der Waals surface area contributed by atoms with E-state index in [0.29, 0.717) is 19.5 Å². The number of hydrogen-bond acceptors (Lipinski definition) is 4. The summed E-state index contributed by atoms with van der Waals surface area (Å²) >= 11 is 0. The summed E-state index contributed by atoms with van der Waals surface area (Å²) in [7, 11) is 0. The molecule has 2 aliphatic heterocycles. The van der Waals surface area contributed by atoms with Crippen LogP contribution in [0.2, 0.25) is 0 Å². The number of aliphatic carboxylic acids is 1. The number of carbonyl (C=O) groups is 2. The number of amides is 1. The van der Waals surface area contributed by atoms with Crippen LogP contribution in [0.25, 0.3) is 0 Å². The molecule has 3 heterocycles. The standard InChI is InChI=1S/C19H21N3O4/c1-13-20-7-9-21(13)8-6-17(23)22-10-15-14-4-2-3-5-16(14)26-12-19(15,11-22)18(24)25/h2-5,7,9,15H,6,8,10-12H2,1H3,(H,24,25)/t15?,19-/m1/s1. The van der Waals surface area contributed by atoms with Gasteiger partial charge in [-0.2, -0.15) is 0 Å². The quantitative estimate of drug-likeness (QED) is 0.902. The van der Waals surface area contributed by atoms with Gasteiger partial charge in [0.2, 0.25) is 5.91 Å². The molecule has 26 heavy (non-hydrogen) atoms. The second kappa shape index (κ2) is 6.16. The molecule has 1 aromatic heterocycles. The van der Waals surface area contributed by atoms with E-state index in [1.54, 1.807) is 11.1 Å². The number of imidazole rings is 1. The summed E-state index contributed by atoms with van der Waals surface area (Å²) in [6.45, 7) is 3.12. The lowest BCUT2D eigenvalue weighted by atomic mass is 9.73. The minimum Gasteiger partial charge on any atom is -0.492 e. The van der Waals surface area contributed by atoms with Gasteiger partial charge in [-0.25, -0.2) is 4.98 Å². The lowest BCUT2D eigenvalue weighted by Crippen LogP contribution is -2.46. The fourth-order valence-corrected chi connectivity index (χ4v) is 4.04. The Morgan fingerprint density at radius 3 is 2.92 bits per heavy atom. The minimum absolute atomic E-state index is 0.0365. The monoisotopic (exact) mass is 355 g/mol. The van der Waals surface area contributed by atoms with E-state index < -0.39 is 11.4 Å². The van der Waals surface area contributed by atoms with Crippen molar-refractivity contribution in [1.29, 1.82) is 0 Å². The van der Waals surface area contributed by atoms with Crippen LogP contribution in [0, 0.1) is 12.3 Å². The van der Waals surface area contributed by atoms with Crippen molar-refractivity contribution in [3.63, 3.8) is 0 Å². The van der Waals surface area contributed by atoms with E-state index in [9.17, 15) is 14.7 Å². The molecule has 7 nitrogen and oxygen atoms in total. The molecular formula is C19H21N3O4. The van der Waals surface area contributed by atoms with Crippen molar-refractivity contribution in [1.82, 2.24) is 14.5 Å². The number of para-hydroxylation sites is 1. The maximum atomic E-state index is 12.7. The molecule has 0 saturated carbocycles. The van der Waals surface area contributed by atoms with Gasteiger partial charge in [-0.05, 0) is 13.0 Å². The van der Waals surface area contributed by atoms with Gasteiger partial charge < -0.3 is 19.3 Å². The Balaban J connectivity index is 1.55. The maximum Gasteiger partial charge on any atom is 0.315 e. The Hall–Kier alpha value is -2.83. The summed E-state index contributed by atoms with van der Waals surface area (Å²) in [5, 5.41) is 9.91. The van der Waals surface area contributed by atoms with Crippen molar-refractivity contribution in [2.24, 2.45) is 5.41 Å². The van der Waals surface area contributed by atoms with E-state index in [4.69, 9.17) is 4.74 Å². The Morgan fingerprint density at radius 1 is 1.38 bits per heavy atom. The fourth-order valence-electron chi connectivity index (χ4n) is 4.04. The number of aromatic nitrogens is 2. The van der Waals surface area contributed by atoms with Crippen molar-refractivity contribution in [3.8, 4) is 5.75 Å². The van der Waals surface area contributed by atoms with Gasteiger partial charge in [0.1, 0.15) is 23.6 Å². The Bertz CT molecular complexity index is 862. The molecule has 0 bridgehead atoms. The number of nitrogens with zero attached hydrogens (tertiary/aromatic N) is 3. The number of ether oxygens (including phenoxy) is 1. The molecule has 1 saturated heterocycles. The Kier molecular flexibility index (Phi) is 3.94. The van der Waals surface area contributed by atoms with Gasteiger partial charge in [0, 0.05) is 49.9 Å². The number of carboxylic acid groups (broad SMARTS) is 1. The second-order valence-electron chi connectivity index (χ2n) is 7.03. The highest BCUT2D eigenvalue weighted by Gasteiger charge is 2.57. The van der Waals surface area contributed by atoms with Crippen LogP contribution in [0.3, 0.4) is 0 Å². The molecule has 2 aliphatic rings. The highest BCUT2D eigenvalue weighted by Crippen LogP contribution is 2.49. The molecule has 1 unspecified atom stereocenters. The van der Waals surface area contributed by atoms with E-state index in [1.165, 1.54) is 0 Å². The first-order valence-corrected chi connectivity index (χ1v) is 8.72. The Morgan fingerprint density at radius 2 is 2.19 bits per heavy atom. The molecular weight excluding hydrogens is 334 g/mol. The zero-order valence-electron chi connectivity index (χ0n) is 14.6. The van der Waals surface area contributed by atoms with Gasteiger partial charge in [0.05, 0.1) is 0 Å². The van der Waals surface area contributed by atoms with Crippen LogP contribution >= 0.6 is 0 Å². The van der Waals surface area contributed by atoms with Gasteiger partial charge in [0.15, 0.2) is 0 Å². The average Bonchev–Trinajstić information content (AvgIpc) is 3.24. The van der Waals surface area contributed by atoms with Crippen LogP contribution < -0.4 is 4.74 Å². The number of aryl methyl sites for hydroxylation is 2. The first-order chi connectivity index (χ1) is 12.5. The van der Waals surface area contributed by atoms with Crippen LogP contribution in [-0.2, 0) is 16.1 Å². The minimum atomic E-state index is -1.07. The summed E-state index contributed by atoms with van der Waals surface area (Å²) in [6.07, 6.45) is 3.87. The van der Waals surface area contributed by atoms with Gasteiger partial charge in [0.25, 0.3) is 0 Å². The molecule has 0 spiro atoms. The average molecular weight is 355 g/mol. The number of benzene rings is 1. The van der Waals surface area contributed by atoms with E-state index in [1.807, 2.05) is 42.0 Å². The molecule has 4 rings (SSSR count). The van der Waals surface area contributed by atoms with Gasteiger partial charge >= 0.3 is 5.97 Å². The van der Waals surface area contributed by atoms with Gasteiger partial charge in [-0.3, -0.25) is 9.59 Å². The molecule has 1 N–H and O–H groups in total. The lowest BCUT2D eigenvalue weighted by Gasteiger charge is -2.35. The summed E-state index contributed by atoms with van der Waals surface area (Å²) in [6, 6.07) is 7.51. The molecule has 0 radical (unpaired) electrons. The van der Waals surface area contributed by atoms with E-state index in [0.717, 1.165) is 17.1 Å². The summed E-state index contributed by atoms with van der Waals surface area (Å²) in [4.78, 5) is 30.7. The largest absolute Gasteiger partial charge is 0.492 e. The van der Waals surface area contributed by atoms with Crippen molar-refractivity contribution in [3.05, 3.63) is 48.0 Å². The lowest BCUT2D eigenvalue weighted by molar-refractivity contribution is -0.152. The number of hydrogen-bond donors (Lipinski definition) is 1. The van der Waals surface area contributed by atoms with Gasteiger partial charge in [-0.1, -0.05) is 18.2 Å². The topological polar surface area (TPSA) is 84.7 Å². The van der Waals surface area contributed by atoms with Crippen molar-refractivity contribution in [2.75, 3.05) is 19.7 Å². The van der Waals surface area contributed by atoms with Gasteiger partial charge in [-0.15, -0.1) is 0 Å². The Labute approximate surface area is 151 Å². The first-order valence-electron chi connectivity index (χ1n) is 8.72. The molecule has 136 valence electrons. The van der Waals surface area contributed by atoms with Crippen LogP contribution in [0.4, 0.5) is 0 Å². The third-order valence-corrected chi connectivity index (χ3v) is 5.59. The predicted molar refractivity (Wildman–Crippen MR) is 92.9 cm³/mol. The van der Waals surface area contributed by atoms with Crippen molar-refractivity contribution < 1.29 is 19.4 Å². The second-order valence-corrected chi connectivity index (χ2v) is 7.03. The van der Waals surface area contributed by atoms with E-state index >= 15 is 0 Å². The first kappa shape index (κ1) is 16.6. The number of likely N-dealkylation sites (tertiary alicyclic amines) is 1. The molecule has 7 heteroatoms. The summed E-state index contributed by atoms with van der Waals surface area (Å²) in [5.74, 6) is 0.391. The molecule has 1 aromatic carbocycles. The van der Waals surface area contributed by atoms with Crippen LogP contribution in [0.1, 0.15) is 23.7 Å². The molecule has 2 aromatic rings. The third kappa shape index (κ3) is 2.55. The van der Waals surface area contributed by atoms with Crippen LogP contribution in [0.5, 0.6) is 5.75 Å². The number of rotatable bonds is 4. The van der Waals surface area contributed by atoms with Crippen molar-refractivity contribution in [2.45, 2.75) is 25.8 Å². The molecule has 0 aliphatic carbocycles. The normalized spacial score (nSPS) is 23.9. The highest BCUT2D eigenvalue weighted by atomic mass is 16.5. The van der Waals surface area contributed by atoms with Crippen LogP contribution in [-0.4, -0.2) is 51.1 Å². The highest BCUT2D eigenvalue weighted by molar-refractivity contribution is 5.82. The fraction of sp³-hybridized carbons (Fsp3) is 0.421. The van der Waals surface area contributed by atoms with Crippen molar-refractivity contribution >= 4 is 11.9 Å².